The second-order valence-electron chi connectivity index (χ2n) is 6.04. The first kappa shape index (κ1) is 17.9. The zero-order valence-corrected chi connectivity index (χ0v) is 15.6. The molecule has 8 heteroatoms. The van der Waals surface area contributed by atoms with Gasteiger partial charge in [0.25, 0.3) is 5.91 Å². The van der Waals surface area contributed by atoms with Gasteiger partial charge in [-0.25, -0.2) is 9.97 Å². The van der Waals surface area contributed by atoms with E-state index in [0.717, 1.165) is 21.7 Å². The SMILES string of the molecule is N#Cc1cccc(C(=O)Nc2ncc(-c3nc4ccccc4n3CCN)s2)c1. The minimum Gasteiger partial charge on any atom is -0.329 e. The predicted octanol–water partition coefficient (Wildman–Crippen LogP) is 3.24. The van der Waals surface area contributed by atoms with Crippen molar-refractivity contribution < 1.29 is 4.79 Å². The van der Waals surface area contributed by atoms with Crippen LogP contribution in [0, 0.1) is 11.3 Å². The quantitative estimate of drug-likeness (QED) is 0.545. The van der Waals surface area contributed by atoms with Crippen LogP contribution in [0.3, 0.4) is 0 Å². The predicted molar refractivity (Wildman–Crippen MR) is 109 cm³/mol. The van der Waals surface area contributed by atoms with E-state index in [9.17, 15) is 4.79 Å². The molecule has 2 aromatic carbocycles. The molecule has 0 fully saturated rings. The van der Waals surface area contributed by atoms with Crippen molar-refractivity contribution in [3.63, 3.8) is 0 Å². The highest BCUT2D eigenvalue weighted by Gasteiger charge is 2.16. The summed E-state index contributed by atoms with van der Waals surface area (Å²) < 4.78 is 2.06. The number of nitrogens with one attached hydrogen (secondary N) is 1. The van der Waals surface area contributed by atoms with Gasteiger partial charge in [0, 0.05) is 18.7 Å². The van der Waals surface area contributed by atoms with Crippen LogP contribution in [0.1, 0.15) is 15.9 Å². The number of hydrogen-bond acceptors (Lipinski definition) is 6. The third kappa shape index (κ3) is 3.36. The molecule has 0 aliphatic carbocycles. The largest absolute Gasteiger partial charge is 0.329 e. The van der Waals surface area contributed by atoms with E-state index in [1.807, 2.05) is 30.3 Å². The standard InChI is InChI=1S/C20H16N6OS/c21-8-9-26-16-7-2-1-6-15(16)24-18(26)17-12-23-20(28-17)25-19(27)14-5-3-4-13(10-14)11-22/h1-7,10,12H,8-9,21H2,(H,23,25,27). The Morgan fingerprint density at radius 3 is 2.93 bits per heavy atom. The lowest BCUT2D eigenvalue weighted by molar-refractivity contribution is 0.102. The Morgan fingerprint density at radius 2 is 2.11 bits per heavy atom. The van der Waals surface area contributed by atoms with E-state index in [1.165, 1.54) is 11.3 Å². The maximum Gasteiger partial charge on any atom is 0.257 e. The fourth-order valence-electron chi connectivity index (χ4n) is 2.95. The van der Waals surface area contributed by atoms with Crippen molar-refractivity contribution in [3.8, 4) is 16.8 Å². The van der Waals surface area contributed by atoms with Gasteiger partial charge in [0.05, 0.1) is 33.7 Å². The number of para-hydroxylation sites is 2. The van der Waals surface area contributed by atoms with E-state index in [0.29, 0.717) is 29.3 Å². The van der Waals surface area contributed by atoms with E-state index in [4.69, 9.17) is 16.0 Å². The molecule has 0 bridgehead atoms. The van der Waals surface area contributed by atoms with Gasteiger partial charge in [-0.15, -0.1) is 0 Å². The Labute approximate surface area is 165 Å². The Bertz CT molecular complexity index is 1200. The van der Waals surface area contributed by atoms with Gasteiger partial charge in [-0.05, 0) is 30.3 Å². The third-order valence-corrected chi connectivity index (χ3v) is 5.12. The number of nitriles is 1. The number of imidazole rings is 1. The van der Waals surface area contributed by atoms with Crippen LogP contribution in [0.5, 0.6) is 0 Å². The van der Waals surface area contributed by atoms with Crippen LogP contribution >= 0.6 is 11.3 Å². The number of aromatic nitrogens is 3. The molecule has 138 valence electrons. The summed E-state index contributed by atoms with van der Waals surface area (Å²) in [5.74, 6) is 0.463. The summed E-state index contributed by atoms with van der Waals surface area (Å²) in [6, 6.07) is 16.4. The molecule has 0 aliphatic heterocycles. The minimum atomic E-state index is -0.312. The lowest BCUT2D eigenvalue weighted by Gasteiger charge is -2.05. The van der Waals surface area contributed by atoms with Gasteiger partial charge in [-0.2, -0.15) is 5.26 Å². The first-order valence-electron chi connectivity index (χ1n) is 8.62. The molecular formula is C20H16N6OS. The van der Waals surface area contributed by atoms with Gasteiger partial charge in [-0.3, -0.25) is 10.1 Å². The molecule has 0 unspecified atom stereocenters. The zero-order chi connectivity index (χ0) is 19.5. The summed E-state index contributed by atoms with van der Waals surface area (Å²) in [5, 5.41) is 12.2. The number of carbonyl (C=O) groups is 1. The summed E-state index contributed by atoms with van der Waals surface area (Å²) in [6.45, 7) is 1.13. The molecule has 4 aromatic rings. The van der Waals surface area contributed by atoms with Crippen molar-refractivity contribution in [2.75, 3.05) is 11.9 Å². The number of thiazole rings is 1. The molecule has 0 radical (unpaired) electrons. The summed E-state index contributed by atoms with van der Waals surface area (Å²) in [5.41, 5.74) is 8.51. The summed E-state index contributed by atoms with van der Waals surface area (Å²) in [6.07, 6.45) is 1.69. The van der Waals surface area contributed by atoms with Crippen LogP contribution in [0.4, 0.5) is 5.13 Å². The molecule has 0 spiro atoms. The van der Waals surface area contributed by atoms with Gasteiger partial charge in [0.15, 0.2) is 11.0 Å². The fraction of sp³-hybridized carbons (Fsp3) is 0.100. The van der Waals surface area contributed by atoms with Gasteiger partial charge in [0.1, 0.15) is 0 Å². The summed E-state index contributed by atoms with van der Waals surface area (Å²) >= 11 is 1.34. The number of anilines is 1. The number of carbonyl (C=O) groups excluding carboxylic acids is 1. The topological polar surface area (TPSA) is 110 Å². The molecule has 3 N–H and O–H groups in total. The van der Waals surface area contributed by atoms with Crippen molar-refractivity contribution in [1.29, 1.82) is 5.26 Å². The Hall–Kier alpha value is -3.54. The highest BCUT2D eigenvalue weighted by atomic mass is 32.1. The molecule has 2 aromatic heterocycles. The van der Waals surface area contributed by atoms with Crippen molar-refractivity contribution in [2.24, 2.45) is 5.73 Å². The summed E-state index contributed by atoms with van der Waals surface area (Å²) in [4.78, 5) is 22.3. The Kier molecular flexibility index (Phi) is 4.85. The van der Waals surface area contributed by atoms with Crippen LogP contribution in [-0.2, 0) is 6.54 Å². The number of hydrogen-bond donors (Lipinski definition) is 2. The molecule has 0 saturated carbocycles. The lowest BCUT2D eigenvalue weighted by atomic mass is 10.1. The maximum atomic E-state index is 12.4. The molecule has 2 heterocycles. The first-order chi connectivity index (χ1) is 13.7. The average Bonchev–Trinajstić information content (AvgIpc) is 3.33. The zero-order valence-electron chi connectivity index (χ0n) is 14.8. The summed E-state index contributed by atoms with van der Waals surface area (Å²) in [7, 11) is 0. The lowest BCUT2D eigenvalue weighted by Crippen LogP contribution is -2.11. The van der Waals surface area contributed by atoms with Gasteiger partial charge in [-0.1, -0.05) is 29.5 Å². The average molecular weight is 388 g/mol. The second kappa shape index (κ2) is 7.60. The van der Waals surface area contributed by atoms with Gasteiger partial charge in [0.2, 0.25) is 0 Å². The number of fused-ring (bicyclic) bond motifs is 1. The van der Waals surface area contributed by atoms with Gasteiger partial charge < -0.3 is 10.3 Å². The van der Waals surface area contributed by atoms with Crippen LogP contribution in [0.25, 0.3) is 21.7 Å². The maximum absolute atomic E-state index is 12.4. The van der Waals surface area contributed by atoms with Crippen LogP contribution in [-0.4, -0.2) is 27.0 Å². The number of rotatable bonds is 5. The molecule has 4 rings (SSSR count). The van der Waals surface area contributed by atoms with Crippen molar-refractivity contribution >= 4 is 33.4 Å². The second-order valence-corrected chi connectivity index (χ2v) is 7.07. The van der Waals surface area contributed by atoms with E-state index in [-0.39, 0.29) is 5.91 Å². The fourth-order valence-corrected chi connectivity index (χ4v) is 3.76. The van der Waals surface area contributed by atoms with E-state index >= 15 is 0 Å². The monoisotopic (exact) mass is 388 g/mol. The molecule has 0 saturated heterocycles. The molecule has 1 amide bonds. The van der Waals surface area contributed by atoms with E-state index in [2.05, 4.69) is 14.9 Å². The Morgan fingerprint density at radius 1 is 1.25 bits per heavy atom. The van der Waals surface area contributed by atoms with E-state index in [1.54, 1.807) is 30.5 Å². The highest BCUT2D eigenvalue weighted by Crippen LogP contribution is 2.31. The normalized spacial score (nSPS) is 10.7. The van der Waals surface area contributed by atoms with Crippen molar-refractivity contribution in [2.45, 2.75) is 6.54 Å². The molecule has 0 atom stereocenters. The smallest absolute Gasteiger partial charge is 0.257 e. The van der Waals surface area contributed by atoms with Crippen molar-refractivity contribution in [3.05, 3.63) is 65.9 Å². The van der Waals surface area contributed by atoms with Crippen LogP contribution in [0.2, 0.25) is 0 Å². The first-order valence-corrected chi connectivity index (χ1v) is 9.44. The van der Waals surface area contributed by atoms with Crippen LogP contribution < -0.4 is 11.1 Å². The molecule has 0 aliphatic rings. The van der Waals surface area contributed by atoms with Crippen molar-refractivity contribution in [1.82, 2.24) is 14.5 Å². The molecular weight excluding hydrogens is 372 g/mol. The number of nitrogens with two attached hydrogens (primary N) is 1. The Balaban J connectivity index is 1.63. The highest BCUT2D eigenvalue weighted by molar-refractivity contribution is 7.19. The number of amides is 1. The van der Waals surface area contributed by atoms with Crippen LogP contribution in [0.15, 0.2) is 54.7 Å². The number of benzene rings is 2. The van der Waals surface area contributed by atoms with E-state index < -0.39 is 0 Å². The third-order valence-electron chi connectivity index (χ3n) is 4.21. The molecule has 28 heavy (non-hydrogen) atoms. The van der Waals surface area contributed by atoms with Gasteiger partial charge >= 0.3 is 0 Å². The molecule has 7 nitrogen and oxygen atoms in total. The number of nitrogens with zero attached hydrogens (tertiary/aromatic N) is 4. The minimum absolute atomic E-state index is 0.312.